The van der Waals surface area contributed by atoms with E-state index in [1.54, 1.807) is 12.1 Å². The van der Waals surface area contributed by atoms with E-state index in [2.05, 4.69) is 0 Å². The van der Waals surface area contributed by atoms with Crippen LogP contribution in [-0.2, 0) is 5.67 Å². The first kappa shape index (κ1) is 11.9. The van der Waals surface area contributed by atoms with Crippen LogP contribution in [0.4, 0.5) is 4.39 Å². The number of Topliss-reactive ketones (excluding diaryl/α,β-unsaturated/α-hetero) is 1. The first-order valence-corrected chi connectivity index (χ1v) is 5.53. The Balaban J connectivity index is 2.60. The van der Waals surface area contributed by atoms with E-state index in [4.69, 9.17) is 9.47 Å². The van der Waals surface area contributed by atoms with Crippen molar-refractivity contribution in [2.75, 3.05) is 13.2 Å². The molecule has 0 aliphatic carbocycles. The summed E-state index contributed by atoms with van der Waals surface area (Å²) in [5.41, 5.74) is -0.896. The Labute approximate surface area is 99.5 Å². The molecule has 1 aromatic rings. The maximum Gasteiger partial charge on any atom is 0.162 e. The largest absolute Gasteiger partial charge is 0.486 e. The number of hydrogen-bond donors (Lipinski definition) is 0. The van der Waals surface area contributed by atoms with Gasteiger partial charge in [-0.25, -0.2) is 4.39 Å². The number of alkyl halides is 1. The number of ether oxygens (including phenoxy) is 2. The van der Waals surface area contributed by atoms with Crippen molar-refractivity contribution < 1.29 is 18.7 Å². The Kier molecular flexibility index (Phi) is 2.81. The molecule has 0 bridgehead atoms. The van der Waals surface area contributed by atoms with Crippen LogP contribution in [0.2, 0.25) is 0 Å². The van der Waals surface area contributed by atoms with Gasteiger partial charge in [0.25, 0.3) is 0 Å². The molecule has 0 aromatic heterocycles. The molecule has 0 unspecified atom stereocenters. The fourth-order valence-corrected chi connectivity index (χ4v) is 1.87. The van der Waals surface area contributed by atoms with Gasteiger partial charge in [0.05, 0.1) is 0 Å². The molecular weight excluding hydrogens is 223 g/mol. The maximum atomic E-state index is 14.1. The highest BCUT2D eigenvalue weighted by Crippen LogP contribution is 2.38. The van der Waals surface area contributed by atoms with Crippen LogP contribution in [0, 0.1) is 0 Å². The monoisotopic (exact) mass is 238 g/mol. The fraction of sp³-hybridized carbons (Fsp3) is 0.462. The molecule has 1 aliphatic heterocycles. The van der Waals surface area contributed by atoms with Gasteiger partial charge in [-0.15, -0.1) is 0 Å². The maximum absolute atomic E-state index is 14.1. The normalized spacial score (nSPS) is 14.6. The number of benzene rings is 1. The van der Waals surface area contributed by atoms with Gasteiger partial charge in [0.15, 0.2) is 17.3 Å². The molecule has 3 nitrogen and oxygen atoms in total. The summed E-state index contributed by atoms with van der Waals surface area (Å²) >= 11 is 0. The van der Waals surface area contributed by atoms with Crippen molar-refractivity contribution in [3.8, 4) is 11.5 Å². The summed E-state index contributed by atoms with van der Waals surface area (Å²) in [6.45, 7) is 5.15. The highest BCUT2D eigenvalue weighted by atomic mass is 19.1. The van der Waals surface area contributed by atoms with Crippen molar-refractivity contribution in [1.29, 1.82) is 0 Å². The Bertz CT molecular complexity index is 460. The summed E-state index contributed by atoms with van der Waals surface area (Å²) in [6, 6.07) is 3.12. The van der Waals surface area contributed by atoms with E-state index in [0.29, 0.717) is 35.8 Å². The van der Waals surface area contributed by atoms with Crippen LogP contribution >= 0.6 is 0 Å². The smallest absolute Gasteiger partial charge is 0.162 e. The molecule has 1 aliphatic rings. The second-order valence-corrected chi connectivity index (χ2v) is 4.57. The summed E-state index contributed by atoms with van der Waals surface area (Å²) in [5, 5.41) is 0. The predicted octanol–water partition coefficient (Wildman–Crippen LogP) is 2.87. The summed E-state index contributed by atoms with van der Waals surface area (Å²) < 4.78 is 24.8. The lowest BCUT2D eigenvalue weighted by atomic mass is 9.92. The molecule has 92 valence electrons. The van der Waals surface area contributed by atoms with Gasteiger partial charge >= 0.3 is 0 Å². The van der Waals surface area contributed by atoms with Gasteiger partial charge < -0.3 is 9.47 Å². The molecule has 0 atom stereocenters. The number of ketones is 1. The van der Waals surface area contributed by atoms with E-state index >= 15 is 0 Å². The van der Waals surface area contributed by atoms with E-state index in [1.165, 1.54) is 20.8 Å². The number of rotatable bonds is 2. The van der Waals surface area contributed by atoms with Crippen molar-refractivity contribution in [1.82, 2.24) is 0 Å². The number of fused-ring (bicyclic) bond motifs is 1. The van der Waals surface area contributed by atoms with Gasteiger partial charge in [0.2, 0.25) is 0 Å². The minimum atomic E-state index is -1.59. The van der Waals surface area contributed by atoms with Crippen molar-refractivity contribution in [3.63, 3.8) is 0 Å². The molecule has 0 N–H and O–H groups in total. The molecule has 0 saturated heterocycles. The molecule has 1 heterocycles. The zero-order valence-electron chi connectivity index (χ0n) is 10.2. The second-order valence-electron chi connectivity index (χ2n) is 4.57. The molecular formula is C13H15FO3. The summed E-state index contributed by atoms with van der Waals surface area (Å²) in [4.78, 5) is 11.5. The molecule has 0 saturated carbocycles. The summed E-state index contributed by atoms with van der Waals surface area (Å²) in [5.74, 6) is 0.833. The summed E-state index contributed by atoms with van der Waals surface area (Å²) in [7, 11) is 0. The van der Waals surface area contributed by atoms with Crippen molar-refractivity contribution in [3.05, 3.63) is 23.3 Å². The minimum absolute atomic E-state index is 0.178. The highest BCUT2D eigenvalue weighted by molar-refractivity contribution is 5.96. The lowest BCUT2D eigenvalue weighted by Gasteiger charge is -2.24. The SMILES string of the molecule is CC(=O)c1cc2c(cc1C(C)(C)F)OCCO2. The first-order valence-electron chi connectivity index (χ1n) is 5.53. The predicted molar refractivity (Wildman–Crippen MR) is 61.6 cm³/mol. The van der Waals surface area contributed by atoms with Crippen LogP contribution in [-0.4, -0.2) is 19.0 Å². The average molecular weight is 238 g/mol. The summed E-state index contributed by atoms with van der Waals surface area (Å²) in [6.07, 6.45) is 0. The van der Waals surface area contributed by atoms with Crippen LogP contribution in [0.15, 0.2) is 12.1 Å². The first-order chi connectivity index (χ1) is 7.89. The third-order valence-electron chi connectivity index (χ3n) is 2.70. The third-order valence-corrected chi connectivity index (χ3v) is 2.70. The number of carbonyl (C=O) groups is 1. The van der Waals surface area contributed by atoms with Gasteiger partial charge in [-0.3, -0.25) is 4.79 Å². The van der Waals surface area contributed by atoms with Gasteiger partial charge in [0.1, 0.15) is 18.9 Å². The van der Waals surface area contributed by atoms with Gasteiger partial charge in [-0.2, -0.15) is 0 Å². The molecule has 2 rings (SSSR count). The van der Waals surface area contributed by atoms with Crippen LogP contribution in [0.25, 0.3) is 0 Å². The molecule has 0 radical (unpaired) electrons. The zero-order valence-corrected chi connectivity index (χ0v) is 10.2. The lowest BCUT2D eigenvalue weighted by Crippen LogP contribution is -2.19. The minimum Gasteiger partial charge on any atom is -0.486 e. The topological polar surface area (TPSA) is 35.5 Å². The van der Waals surface area contributed by atoms with Crippen LogP contribution in [0.1, 0.15) is 36.7 Å². The van der Waals surface area contributed by atoms with E-state index in [0.717, 1.165) is 0 Å². The standard InChI is InChI=1S/C13H15FO3/c1-8(15)9-6-11-12(17-5-4-16-11)7-10(9)13(2,3)14/h6-7H,4-5H2,1-3H3. The Morgan fingerprint density at radius 2 is 1.76 bits per heavy atom. The van der Waals surface area contributed by atoms with E-state index < -0.39 is 5.67 Å². The second kappa shape index (κ2) is 4.02. The average Bonchev–Trinajstić information content (AvgIpc) is 2.26. The molecule has 4 heteroatoms. The molecule has 0 amide bonds. The van der Waals surface area contributed by atoms with Crippen molar-refractivity contribution in [2.45, 2.75) is 26.4 Å². The fourth-order valence-electron chi connectivity index (χ4n) is 1.87. The zero-order chi connectivity index (χ0) is 12.6. The van der Waals surface area contributed by atoms with Gasteiger partial charge in [-0.05, 0) is 32.9 Å². The van der Waals surface area contributed by atoms with E-state index in [9.17, 15) is 9.18 Å². The number of carbonyl (C=O) groups excluding carboxylic acids is 1. The molecule has 0 fully saturated rings. The third kappa shape index (κ3) is 2.25. The van der Waals surface area contributed by atoms with Gasteiger partial charge in [0, 0.05) is 11.1 Å². The highest BCUT2D eigenvalue weighted by Gasteiger charge is 2.27. The van der Waals surface area contributed by atoms with Crippen molar-refractivity contribution >= 4 is 5.78 Å². The number of hydrogen-bond acceptors (Lipinski definition) is 3. The quantitative estimate of drug-likeness (QED) is 0.743. The van der Waals surface area contributed by atoms with E-state index in [1.807, 2.05) is 0 Å². The molecule has 1 aromatic carbocycles. The number of halogens is 1. The lowest BCUT2D eigenvalue weighted by molar-refractivity contribution is 0.100. The van der Waals surface area contributed by atoms with Gasteiger partial charge in [-0.1, -0.05) is 0 Å². The Morgan fingerprint density at radius 1 is 1.24 bits per heavy atom. The molecule has 0 spiro atoms. The van der Waals surface area contributed by atoms with Crippen molar-refractivity contribution in [2.24, 2.45) is 0 Å². The van der Waals surface area contributed by atoms with Crippen LogP contribution < -0.4 is 9.47 Å². The molecule has 17 heavy (non-hydrogen) atoms. The van der Waals surface area contributed by atoms with Crippen LogP contribution in [0.3, 0.4) is 0 Å². The Hall–Kier alpha value is -1.58. The van der Waals surface area contributed by atoms with Crippen LogP contribution in [0.5, 0.6) is 11.5 Å². The van der Waals surface area contributed by atoms with E-state index in [-0.39, 0.29) is 5.78 Å². The Morgan fingerprint density at radius 3 is 2.24 bits per heavy atom.